The minimum absolute atomic E-state index is 0.00292. The second kappa shape index (κ2) is 13.8. The number of carbonyl (C=O) groups is 1. The molecule has 5 rings (SSSR count). The quantitative estimate of drug-likeness (QED) is 0.0551. The van der Waals surface area contributed by atoms with Gasteiger partial charge in [0.25, 0.3) is 0 Å². The first-order valence-corrected chi connectivity index (χ1v) is 17.3. The third-order valence-electron chi connectivity index (χ3n) is 7.09. The molecule has 0 saturated carbocycles. The lowest BCUT2D eigenvalue weighted by atomic mass is 9.81. The van der Waals surface area contributed by atoms with Crippen LogP contribution in [0.4, 0.5) is 14.5 Å². The molecule has 3 aromatic carbocycles. The normalized spacial score (nSPS) is 13.5. The maximum atomic E-state index is 15.7. The molecule has 14 heteroatoms. The Labute approximate surface area is 268 Å². The fourth-order valence-electron chi connectivity index (χ4n) is 4.85. The van der Waals surface area contributed by atoms with Crippen LogP contribution in [0, 0.1) is 11.6 Å². The monoisotopic (exact) mass is 665 g/mol. The smallest absolute Gasteiger partial charge is 0.340 e. The van der Waals surface area contributed by atoms with Crippen LogP contribution in [-0.2, 0) is 26.2 Å². The van der Waals surface area contributed by atoms with E-state index in [0.717, 1.165) is 17.7 Å². The number of hydrogen-bond acceptors (Lipinski definition) is 10. The summed E-state index contributed by atoms with van der Waals surface area (Å²) in [5.74, 6) is -2.83. The summed E-state index contributed by atoms with van der Waals surface area (Å²) in [4.78, 5) is 25.8. The molecule has 0 bridgehead atoms. The summed E-state index contributed by atoms with van der Waals surface area (Å²) in [6.07, 6.45) is 2.76. The number of carbonyl (C=O) groups excluding carboxylic acids is 1. The Hall–Kier alpha value is -4.58. The van der Waals surface area contributed by atoms with Gasteiger partial charge in [0.15, 0.2) is 6.79 Å². The van der Waals surface area contributed by atoms with Crippen molar-refractivity contribution in [1.82, 2.24) is 19.7 Å². The number of rotatable bonds is 13. The molecule has 238 valence electrons. The fraction of sp³-hybridized carbons (Fsp3) is 0.219. The summed E-state index contributed by atoms with van der Waals surface area (Å²) in [6.45, 7) is 7.54. The van der Waals surface area contributed by atoms with Crippen LogP contribution in [0.15, 0.2) is 89.8 Å². The Bertz CT molecular complexity index is 1880. The third-order valence-corrected chi connectivity index (χ3v) is 8.77. The Morgan fingerprint density at radius 3 is 2.59 bits per heavy atom. The number of esters is 1. The standard InChI is InChI=1S/C32H30F2N5O5PS/c1-21(30-38-29(16-46-30)22-8-11-25(35-2)12-9-22)32(17-39-19-36-18-37-39,27-13-10-24(33)15-28(27)34)43-20-42-31(40)23-6-5-7-26(14-23)44-45(3,4)41/h5-16,18-19,21H,2,17,20H2,1,3-4H3. The zero-order chi connectivity index (χ0) is 32.9. The first-order valence-electron chi connectivity index (χ1n) is 13.9. The zero-order valence-electron chi connectivity index (χ0n) is 25.2. The molecule has 46 heavy (non-hydrogen) atoms. The molecule has 2 heterocycles. The minimum atomic E-state index is -2.88. The third kappa shape index (κ3) is 7.61. The van der Waals surface area contributed by atoms with Gasteiger partial charge in [-0.25, -0.2) is 28.2 Å². The van der Waals surface area contributed by atoms with Crippen molar-refractivity contribution in [2.24, 2.45) is 4.99 Å². The van der Waals surface area contributed by atoms with Gasteiger partial charge in [0.2, 0.25) is 7.37 Å². The van der Waals surface area contributed by atoms with Crippen molar-refractivity contribution in [2.45, 2.75) is 25.0 Å². The molecular weight excluding hydrogens is 635 g/mol. The average molecular weight is 666 g/mol. The van der Waals surface area contributed by atoms with Gasteiger partial charge in [-0.2, -0.15) is 5.10 Å². The number of nitrogens with zero attached hydrogens (tertiary/aromatic N) is 5. The van der Waals surface area contributed by atoms with Crippen molar-refractivity contribution < 1.29 is 32.1 Å². The summed E-state index contributed by atoms with van der Waals surface area (Å²) >= 11 is 1.33. The first-order chi connectivity index (χ1) is 22.0. The molecule has 0 N–H and O–H groups in total. The van der Waals surface area contributed by atoms with Gasteiger partial charge in [-0.1, -0.05) is 31.2 Å². The van der Waals surface area contributed by atoms with Gasteiger partial charge in [-0.15, -0.1) is 11.3 Å². The molecule has 0 aliphatic rings. The Morgan fingerprint density at radius 1 is 1.13 bits per heavy atom. The summed E-state index contributed by atoms with van der Waals surface area (Å²) in [6, 6.07) is 16.6. The van der Waals surface area contributed by atoms with E-state index in [1.54, 1.807) is 19.1 Å². The van der Waals surface area contributed by atoms with Gasteiger partial charge in [-0.05, 0) is 43.1 Å². The largest absolute Gasteiger partial charge is 0.443 e. The van der Waals surface area contributed by atoms with Gasteiger partial charge >= 0.3 is 5.97 Å². The molecule has 0 aliphatic carbocycles. The minimum Gasteiger partial charge on any atom is -0.443 e. The van der Waals surface area contributed by atoms with Crippen LogP contribution in [0.3, 0.4) is 0 Å². The van der Waals surface area contributed by atoms with Crippen LogP contribution in [0.25, 0.3) is 11.3 Å². The van der Waals surface area contributed by atoms with E-state index in [1.807, 2.05) is 29.6 Å². The molecular formula is C32H30F2N5O5PS. The lowest BCUT2D eigenvalue weighted by Gasteiger charge is -2.38. The second-order valence-corrected chi connectivity index (χ2v) is 14.2. The van der Waals surface area contributed by atoms with Crippen LogP contribution in [0.5, 0.6) is 5.75 Å². The highest BCUT2D eigenvalue weighted by Gasteiger charge is 2.45. The van der Waals surface area contributed by atoms with Gasteiger partial charge in [0.05, 0.1) is 28.5 Å². The van der Waals surface area contributed by atoms with Crippen LogP contribution in [0.1, 0.15) is 33.8 Å². The van der Waals surface area contributed by atoms with Crippen LogP contribution in [0.2, 0.25) is 0 Å². The molecule has 2 unspecified atom stereocenters. The number of halogens is 2. The summed E-state index contributed by atoms with van der Waals surface area (Å²) < 4.78 is 60.7. The van der Waals surface area contributed by atoms with Crippen molar-refractivity contribution in [3.63, 3.8) is 0 Å². The topological polar surface area (TPSA) is 118 Å². The molecule has 5 aromatic rings. The Morgan fingerprint density at radius 2 is 1.91 bits per heavy atom. The number of benzene rings is 3. The number of ether oxygens (including phenoxy) is 2. The summed E-state index contributed by atoms with van der Waals surface area (Å²) in [7, 11) is -2.88. The molecule has 2 atom stereocenters. The van der Waals surface area contributed by atoms with Crippen molar-refractivity contribution in [3.05, 3.63) is 113 Å². The highest BCUT2D eigenvalue weighted by Crippen LogP contribution is 2.45. The molecule has 2 aromatic heterocycles. The van der Waals surface area contributed by atoms with Crippen molar-refractivity contribution >= 4 is 37.1 Å². The van der Waals surface area contributed by atoms with E-state index in [9.17, 15) is 13.8 Å². The van der Waals surface area contributed by atoms with E-state index in [-0.39, 0.29) is 23.4 Å². The van der Waals surface area contributed by atoms with Gasteiger partial charge in [-0.3, -0.25) is 9.56 Å². The van der Waals surface area contributed by atoms with E-state index in [0.29, 0.717) is 16.4 Å². The number of aliphatic imine (C=N–C) groups is 1. The van der Waals surface area contributed by atoms with E-state index in [4.69, 9.17) is 19.0 Å². The second-order valence-electron chi connectivity index (χ2n) is 10.7. The maximum Gasteiger partial charge on any atom is 0.340 e. The van der Waals surface area contributed by atoms with Crippen molar-refractivity contribution in [3.8, 4) is 17.0 Å². The number of hydrogen-bond donors (Lipinski definition) is 0. The van der Waals surface area contributed by atoms with E-state index in [1.165, 1.54) is 60.2 Å². The molecule has 0 radical (unpaired) electrons. The van der Waals surface area contributed by atoms with Crippen molar-refractivity contribution in [2.75, 3.05) is 20.1 Å². The van der Waals surface area contributed by atoms with Crippen molar-refractivity contribution in [1.29, 1.82) is 0 Å². The van der Waals surface area contributed by atoms with Gasteiger partial charge in [0, 0.05) is 41.8 Å². The lowest BCUT2D eigenvalue weighted by Crippen LogP contribution is -2.42. The Balaban J connectivity index is 1.50. The molecule has 0 amide bonds. The molecule has 10 nitrogen and oxygen atoms in total. The van der Waals surface area contributed by atoms with E-state index >= 15 is 4.39 Å². The zero-order valence-corrected chi connectivity index (χ0v) is 26.9. The van der Waals surface area contributed by atoms with Crippen LogP contribution < -0.4 is 4.52 Å². The predicted molar refractivity (Wildman–Crippen MR) is 171 cm³/mol. The molecule has 0 aliphatic heterocycles. The number of thiazole rings is 1. The average Bonchev–Trinajstić information content (AvgIpc) is 3.72. The van der Waals surface area contributed by atoms with Gasteiger partial charge < -0.3 is 14.0 Å². The van der Waals surface area contributed by atoms with E-state index < -0.39 is 43.3 Å². The summed E-state index contributed by atoms with van der Waals surface area (Å²) in [5, 5.41) is 6.64. The van der Waals surface area contributed by atoms with Gasteiger partial charge in [0.1, 0.15) is 35.6 Å². The number of aromatic nitrogens is 4. The van der Waals surface area contributed by atoms with E-state index in [2.05, 4.69) is 21.8 Å². The Kier molecular flexibility index (Phi) is 9.85. The van der Waals surface area contributed by atoms with Crippen LogP contribution in [-0.4, -0.2) is 52.6 Å². The summed E-state index contributed by atoms with van der Waals surface area (Å²) in [5.41, 5.74) is 0.737. The molecule has 0 saturated heterocycles. The lowest BCUT2D eigenvalue weighted by molar-refractivity contribution is -0.148. The molecule has 0 fully saturated rings. The highest BCUT2D eigenvalue weighted by molar-refractivity contribution is 7.57. The van der Waals surface area contributed by atoms with Crippen LogP contribution >= 0.6 is 18.7 Å². The highest BCUT2D eigenvalue weighted by atomic mass is 32.1. The maximum absolute atomic E-state index is 15.7. The fourth-order valence-corrected chi connectivity index (χ4v) is 6.44. The SMILES string of the molecule is C=Nc1ccc(-c2csc(C(C)C(Cn3cncn3)(OCOC(=O)c3cccc(OP(C)(C)=O)c3)c3ccc(F)cc3F)n2)cc1. The molecule has 0 spiro atoms. The predicted octanol–water partition coefficient (Wildman–Crippen LogP) is 7.46. The first kappa shape index (κ1) is 32.8.